The van der Waals surface area contributed by atoms with Gasteiger partial charge >= 0.3 is 0 Å². The van der Waals surface area contributed by atoms with Crippen molar-refractivity contribution in [2.24, 2.45) is 11.7 Å². The summed E-state index contributed by atoms with van der Waals surface area (Å²) in [5.74, 6) is 1.41. The molecule has 90 valence electrons. The molecule has 0 heterocycles. The van der Waals surface area contributed by atoms with Crippen molar-refractivity contribution in [3.63, 3.8) is 0 Å². The first-order chi connectivity index (χ1) is 7.01. The highest BCUT2D eigenvalue weighted by Crippen LogP contribution is 2.05. The summed E-state index contributed by atoms with van der Waals surface area (Å²) in [5.41, 5.74) is 5.80. The molecule has 0 saturated heterocycles. The van der Waals surface area contributed by atoms with Gasteiger partial charge < -0.3 is 11.1 Å². The third kappa shape index (κ3) is 6.79. The van der Waals surface area contributed by atoms with Crippen LogP contribution in [0.2, 0.25) is 0 Å². The van der Waals surface area contributed by atoms with Crippen LogP contribution in [-0.4, -0.2) is 30.0 Å². The lowest BCUT2D eigenvalue weighted by atomic mass is 10.0. The van der Waals surface area contributed by atoms with Crippen LogP contribution in [0.1, 0.15) is 33.6 Å². The predicted octanol–water partition coefficient (Wildman–Crippen LogP) is 1.62. The molecule has 0 aromatic rings. The van der Waals surface area contributed by atoms with Crippen LogP contribution in [0.5, 0.6) is 0 Å². The van der Waals surface area contributed by atoms with Crippen LogP contribution >= 0.6 is 11.8 Å². The molecule has 0 bridgehead atoms. The fourth-order valence-corrected chi connectivity index (χ4v) is 2.11. The molecule has 0 saturated carbocycles. The normalized spacial score (nSPS) is 15.1. The van der Waals surface area contributed by atoms with E-state index in [1.54, 1.807) is 11.8 Å². The average molecular weight is 232 g/mol. The largest absolute Gasteiger partial charge is 0.351 e. The molecule has 0 radical (unpaired) electrons. The lowest BCUT2D eigenvalue weighted by Gasteiger charge is -2.19. The first kappa shape index (κ1) is 14.8. The molecule has 0 spiro atoms. The Hall–Kier alpha value is -0.220. The molecule has 1 amide bonds. The number of nitrogens with two attached hydrogens (primary N) is 1. The van der Waals surface area contributed by atoms with Gasteiger partial charge in [-0.2, -0.15) is 11.8 Å². The van der Waals surface area contributed by atoms with Crippen LogP contribution in [-0.2, 0) is 4.79 Å². The number of hydrogen-bond acceptors (Lipinski definition) is 3. The SMILES string of the molecule is CCC(CSC)NC(=O)C(N)CC(C)C. The van der Waals surface area contributed by atoms with Gasteiger partial charge in [0.2, 0.25) is 5.91 Å². The molecule has 3 N–H and O–H groups in total. The molecule has 0 aromatic heterocycles. The van der Waals surface area contributed by atoms with Crippen LogP contribution in [0, 0.1) is 5.92 Å². The van der Waals surface area contributed by atoms with Crippen LogP contribution in [0.15, 0.2) is 0 Å². The highest BCUT2D eigenvalue weighted by Gasteiger charge is 2.17. The second-order valence-corrected chi connectivity index (χ2v) is 5.22. The molecule has 3 nitrogen and oxygen atoms in total. The monoisotopic (exact) mass is 232 g/mol. The van der Waals surface area contributed by atoms with Crippen LogP contribution in [0.4, 0.5) is 0 Å². The highest BCUT2D eigenvalue weighted by molar-refractivity contribution is 7.98. The Bertz CT molecular complexity index is 185. The Kier molecular flexibility index (Phi) is 7.88. The first-order valence-electron chi connectivity index (χ1n) is 5.56. The lowest BCUT2D eigenvalue weighted by Crippen LogP contribution is -2.46. The first-order valence-corrected chi connectivity index (χ1v) is 6.95. The third-order valence-corrected chi connectivity index (χ3v) is 3.00. The minimum Gasteiger partial charge on any atom is -0.351 e. The Morgan fingerprint density at radius 1 is 1.47 bits per heavy atom. The summed E-state index contributed by atoms with van der Waals surface area (Å²) in [4.78, 5) is 11.7. The summed E-state index contributed by atoms with van der Waals surface area (Å²) in [5, 5.41) is 2.99. The van der Waals surface area contributed by atoms with E-state index in [0.717, 1.165) is 18.6 Å². The van der Waals surface area contributed by atoms with Gasteiger partial charge in [-0.1, -0.05) is 20.8 Å². The van der Waals surface area contributed by atoms with Crippen molar-refractivity contribution in [1.82, 2.24) is 5.32 Å². The summed E-state index contributed by atoms with van der Waals surface area (Å²) < 4.78 is 0. The van der Waals surface area contributed by atoms with Gasteiger partial charge in [-0.3, -0.25) is 4.79 Å². The van der Waals surface area contributed by atoms with E-state index < -0.39 is 0 Å². The number of rotatable bonds is 7. The van der Waals surface area contributed by atoms with Gasteiger partial charge in [0.25, 0.3) is 0 Å². The third-order valence-electron chi connectivity index (χ3n) is 2.27. The van der Waals surface area contributed by atoms with Gasteiger partial charge in [-0.15, -0.1) is 0 Å². The second kappa shape index (κ2) is 7.99. The van der Waals surface area contributed by atoms with E-state index in [4.69, 9.17) is 5.73 Å². The van der Waals surface area contributed by atoms with Crippen molar-refractivity contribution in [2.75, 3.05) is 12.0 Å². The molecular formula is C11H24N2OS. The van der Waals surface area contributed by atoms with Crippen molar-refractivity contribution in [2.45, 2.75) is 45.7 Å². The molecule has 15 heavy (non-hydrogen) atoms. The molecule has 0 aliphatic carbocycles. The van der Waals surface area contributed by atoms with Crippen molar-refractivity contribution < 1.29 is 4.79 Å². The maximum atomic E-state index is 11.7. The van der Waals surface area contributed by atoms with E-state index in [1.807, 2.05) is 6.26 Å². The van der Waals surface area contributed by atoms with Gasteiger partial charge in [-0.25, -0.2) is 0 Å². The Morgan fingerprint density at radius 3 is 2.47 bits per heavy atom. The molecule has 2 unspecified atom stereocenters. The van der Waals surface area contributed by atoms with E-state index >= 15 is 0 Å². The van der Waals surface area contributed by atoms with Gasteiger partial charge in [0.1, 0.15) is 0 Å². The Labute approximate surface area is 97.6 Å². The fraction of sp³-hybridized carbons (Fsp3) is 0.909. The minimum absolute atomic E-state index is 0.00963. The fourth-order valence-electron chi connectivity index (χ4n) is 1.39. The maximum Gasteiger partial charge on any atom is 0.237 e. The van der Waals surface area contributed by atoms with Gasteiger partial charge in [-0.05, 0) is 25.0 Å². The minimum atomic E-state index is -0.360. The number of hydrogen-bond donors (Lipinski definition) is 2. The number of carbonyl (C=O) groups is 1. The van der Waals surface area contributed by atoms with E-state index in [0.29, 0.717) is 5.92 Å². The van der Waals surface area contributed by atoms with Gasteiger partial charge in [0.15, 0.2) is 0 Å². The summed E-state index contributed by atoms with van der Waals surface area (Å²) >= 11 is 1.75. The number of carbonyl (C=O) groups excluding carboxylic acids is 1. The molecule has 0 aliphatic heterocycles. The van der Waals surface area contributed by atoms with Crippen LogP contribution in [0.3, 0.4) is 0 Å². The number of thioether (sulfide) groups is 1. The molecule has 0 aromatic carbocycles. The summed E-state index contributed by atoms with van der Waals surface area (Å²) in [6, 6.07) is -0.105. The summed E-state index contributed by atoms with van der Waals surface area (Å²) in [6.45, 7) is 6.23. The predicted molar refractivity (Wildman–Crippen MR) is 68.0 cm³/mol. The molecule has 2 atom stereocenters. The van der Waals surface area contributed by atoms with Crippen LogP contribution < -0.4 is 11.1 Å². The second-order valence-electron chi connectivity index (χ2n) is 4.31. The standard InChI is InChI=1S/C11H24N2OS/c1-5-9(7-15-4)13-11(14)10(12)6-8(2)3/h8-10H,5-7,12H2,1-4H3,(H,13,14). The van der Waals surface area contributed by atoms with Crippen LogP contribution in [0.25, 0.3) is 0 Å². The molecule has 4 heteroatoms. The quantitative estimate of drug-likeness (QED) is 0.701. The Balaban J connectivity index is 3.98. The summed E-state index contributed by atoms with van der Waals surface area (Å²) in [6.07, 6.45) is 3.76. The maximum absolute atomic E-state index is 11.7. The average Bonchev–Trinajstić information content (AvgIpc) is 2.15. The molecular weight excluding hydrogens is 208 g/mol. The number of nitrogens with one attached hydrogen (secondary N) is 1. The highest BCUT2D eigenvalue weighted by atomic mass is 32.2. The lowest BCUT2D eigenvalue weighted by molar-refractivity contribution is -0.123. The van der Waals surface area contributed by atoms with Gasteiger partial charge in [0, 0.05) is 11.8 Å². The Morgan fingerprint density at radius 2 is 2.07 bits per heavy atom. The molecule has 0 fully saturated rings. The molecule has 0 rings (SSSR count). The van der Waals surface area contributed by atoms with Crippen molar-refractivity contribution in [3.05, 3.63) is 0 Å². The van der Waals surface area contributed by atoms with Gasteiger partial charge in [0.05, 0.1) is 6.04 Å². The van der Waals surface area contributed by atoms with Crippen molar-refractivity contribution in [1.29, 1.82) is 0 Å². The van der Waals surface area contributed by atoms with Crippen molar-refractivity contribution in [3.8, 4) is 0 Å². The van der Waals surface area contributed by atoms with E-state index in [9.17, 15) is 4.79 Å². The zero-order valence-corrected chi connectivity index (χ0v) is 11.1. The zero-order chi connectivity index (χ0) is 11.8. The van der Waals surface area contributed by atoms with Crippen molar-refractivity contribution >= 4 is 17.7 Å². The smallest absolute Gasteiger partial charge is 0.237 e. The van der Waals surface area contributed by atoms with E-state index in [1.165, 1.54) is 0 Å². The topological polar surface area (TPSA) is 55.1 Å². The van der Waals surface area contributed by atoms with E-state index in [-0.39, 0.29) is 18.0 Å². The zero-order valence-electron chi connectivity index (χ0n) is 10.2. The molecule has 0 aliphatic rings. The number of amides is 1. The summed E-state index contributed by atoms with van der Waals surface area (Å²) in [7, 11) is 0. The van der Waals surface area contributed by atoms with E-state index in [2.05, 4.69) is 26.1 Å².